The molecule has 1 heterocycles. The molecule has 0 radical (unpaired) electrons. The number of fused-ring (bicyclic) bond motifs is 3. The lowest BCUT2D eigenvalue weighted by Gasteiger charge is -2.18. The second-order valence-corrected chi connectivity index (χ2v) is 10.1. The predicted octanol–water partition coefficient (Wildman–Crippen LogP) is 4.50. The summed E-state index contributed by atoms with van der Waals surface area (Å²) in [6.07, 6.45) is 10.9. The highest BCUT2D eigenvalue weighted by Gasteiger charge is 2.24. The Hall–Kier alpha value is -1.48. The minimum atomic E-state index is -3.37. The molecule has 0 spiro atoms. The van der Waals surface area contributed by atoms with E-state index in [1.54, 1.807) is 17.4 Å². The molecule has 29 heavy (non-hydrogen) atoms. The van der Waals surface area contributed by atoms with Gasteiger partial charge in [0.25, 0.3) is 10.2 Å². The summed E-state index contributed by atoms with van der Waals surface area (Å²) in [4.78, 5) is 1.31. The highest BCUT2D eigenvalue weighted by atomic mass is 32.2. The Bertz CT molecular complexity index is 899. The molecule has 0 saturated heterocycles. The molecule has 2 N–H and O–H groups in total. The maximum absolute atomic E-state index is 13.8. The van der Waals surface area contributed by atoms with Gasteiger partial charge in [0.2, 0.25) is 0 Å². The van der Waals surface area contributed by atoms with Crippen LogP contribution < -0.4 is 10.0 Å². The largest absolute Gasteiger partial charge is 0.377 e. The maximum atomic E-state index is 13.8. The van der Waals surface area contributed by atoms with Gasteiger partial charge < -0.3 is 5.32 Å². The van der Waals surface area contributed by atoms with Crippen LogP contribution in [0.3, 0.4) is 0 Å². The molecule has 0 saturated carbocycles. The van der Waals surface area contributed by atoms with E-state index < -0.39 is 10.2 Å². The van der Waals surface area contributed by atoms with Crippen LogP contribution in [0.1, 0.15) is 49.5 Å². The number of nitrogens with zero attached hydrogens (tertiary/aromatic N) is 1. The molecule has 8 heteroatoms. The molecule has 2 aliphatic carbocycles. The minimum absolute atomic E-state index is 0.0128. The van der Waals surface area contributed by atoms with E-state index in [1.807, 2.05) is 19.9 Å². The van der Waals surface area contributed by atoms with Crippen molar-refractivity contribution in [2.24, 2.45) is 0 Å². The Morgan fingerprint density at radius 1 is 1.21 bits per heavy atom. The molecule has 0 aromatic carbocycles. The van der Waals surface area contributed by atoms with Gasteiger partial charge in [-0.2, -0.15) is 12.7 Å². The van der Waals surface area contributed by atoms with Crippen LogP contribution in [-0.2, 0) is 16.6 Å². The van der Waals surface area contributed by atoms with Crippen LogP contribution in [-0.4, -0.2) is 38.9 Å². The van der Waals surface area contributed by atoms with Crippen LogP contribution in [0.5, 0.6) is 0 Å². The number of unbranched alkanes of at least 4 members (excludes halogenated alkanes) is 1. The third-order valence-corrected chi connectivity index (χ3v) is 8.21. The lowest BCUT2D eigenvalue weighted by Crippen LogP contribution is -2.40. The number of hydrogen-bond donors (Lipinski definition) is 2. The highest BCUT2D eigenvalue weighted by Crippen LogP contribution is 2.42. The third-order valence-electron chi connectivity index (χ3n) is 5.28. The maximum Gasteiger partial charge on any atom is 0.279 e. The van der Waals surface area contributed by atoms with Crippen molar-refractivity contribution in [1.29, 1.82) is 0 Å². The van der Waals surface area contributed by atoms with Gasteiger partial charge in [-0.25, -0.2) is 9.11 Å². The zero-order valence-electron chi connectivity index (χ0n) is 17.1. The predicted molar refractivity (Wildman–Crippen MR) is 119 cm³/mol. The first-order valence-electron chi connectivity index (χ1n) is 10.3. The van der Waals surface area contributed by atoms with E-state index in [0.29, 0.717) is 19.6 Å². The summed E-state index contributed by atoms with van der Waals surface area (Å²) in [6, 6.07) is 2.15. The van der Waals surface area contributed by atoms with Crippen LogP contribution in [0, 0.1) is 0 Å². The van der Waals surface area contributed by atoms with Gasteiger partial charge in [0.15, 0.2) is 0 Å². The molecular formula is C21H30FN3O2S2. The number of hydrogen-bond acceptors (Lipinski definition) is 4. The Morgan fingerprint density at radius 3 is 2.72 bits per heavy atom. The number of thiophene rings is 1. The summed E-state index contributed by atoms with van der Waals surface area (Å²) in [5, 5.41) is 4.55. The smallest absolute Gasteiger partial charge is 0.279 e. The van der Waals surface area contributed by atoms with E-state index in [0.717, 1.165) is 37.2 Å². The first-order chi connectivity index (χ1) is 13.9. The van der Waals surface area contributed by atoms with Crippen molar-refractivity contribution in [1.82, 2.24) is 9.03 Å². The van der Waals surface area contributed by atoms with E-state index >= 15 is 0 Å². The number of rotatable bonds is 10. The molecule has 2 aliphatic rings. The van der Waals surface area contributed by atoms with Gasteiger partial charge in [-0.1, -0.05) is 26.0 Å². The molecule has 160 valence electrons. The normalized spacial score (nSPS) is 18.7. The molecule has 1 unspecified atom stereocenters. The van der Waals surface area contributed by atoms with E-state index in [4.69, 9.17) is 0 Å². The summed E-state index contributed by atoms with van der Waals surface area (Å²) in [5.41, 5.74) is 2.38. The van der Waals surface area contributed by atoms with Crippen molar-refractivity contribution >= 4 is 26.5 Å². The molecule has 3 rings (SSSR count). The van der Waals surface area contributed by atoms with Crippen molar-refractivity contribution in [3.8, 4) is 0 Å². The van der Waals surface area contributed by atoms with Crippen LogP contribution in [0.2, 0.25) is 0 Å². The fraction of sp³-hybridized carbons (Fsp3) is 0.524. The zero-order chi connectivity index (χ0) is 20.9. The second kappa shape index (κ2) is 10.0. The standard InChI is InChI=1S/C21H30FN3O2S2/c1-3-25(4-2)29(26,27)24-13-6-5-12-23-21-15-19-18-14-17(22)11-10-16(18)8-7-9-20(19)28-21/h8,10-11,14-15,18,23-24H,3-7,9,12-13H2,1-2H3. The fourth-order valence-corrected chi connectivity index (χ4v) is 6.14. The number of allylic oxidation sites excluding steroid dienone is 6. The Labute approximate surface area is 177 Å². The Morgan fingerprint density at radius 2 is 1.97 bits per heavy atom. The van der Waals surface area contributed by atoms with Crippen LogP contribution in [0.25, 0.3) is 0 Å². The fourth-order valence-electron chi connectivity index (χ4n) is 3.73. The van der Waals surface area contributed by atoms with Gasteiger partial charge in [-0.3, -0.25) is 0 Å². The van der Waals surface area contributed by atoms with Gasteiger partial charge in [0.05, 0.1) is 5.00 Å². The molecule has 0 amide bonds. The van der Waals surface area contributed by atoms with E-state index in [2.05, 4.69) is 22.2 Å². The SMILES string of the molecule is CCN(CC)S(=O)(=O)NCCCCNc1cc2c(s1)CCC=C1C=CC(F)=CC12. The lowest BCUT2D eigenvalue weighted by atomic mass is 9.88. The van der Waals surface area contributed by atoms with Crippen molar-refractivity contribution in [3.05, 3.63) is 52.2 Å². The van der Waals surface area contributed by atoms with Gasteiger partial charge in [-0.05, 0) is 55.0 Å². The first-order valence-corrected chi connectivity index (χ1v) is 12.6. The van der Waals surface area contributed by atoms with E-state index in [1.165, 1.54) is 26.4 Å². The highest BCUT2D eigenvalue weighted by molar-refractivity contribution is 7.87. The molecule has 5 nitrogen and oxygen atoms in total. The summed E-state index contributed by atoms with van der Waals surface area (Å²) < 4.78 is 42.0. The first kappa shape index (κ1) is 22.2. The topological polar surface area (TPSA) is 61.4 Å². The third kappa shape index (κ3) is 5.57. The van der Waals surface area contributed by atoms with Gasteiger partial charge >= 0.3 is 0 Å². The van der Waals surface area contributed by atoms with E-state index in [9.17, 15) is 12.8 Å². The zero-order valence-corrected chi connectivity index (χ0v) is 18.7. The Balaban J connectivity index is 1.48. The molecule has 0 bridgehead atoms. The monoisotopic (exact) mass is 439 g/mol. The van der Waals surface area contributed by atoms with Gasteiger partial charge in [0.1, 0.15) is 5.83 Å². The van der Waals surface area contributed by atoms with E-state index in [-0.39, 0.29) is 11.7 Å². The second-order valence-electron chi connectivity index (χ2n) is 7.21. The molecule has 0 fully saturated rings. The van der Waals surface area contributed by atoms with Crippen LogP contribution in [0.15, 0.2) is 41.8 Å². The molecule has 0 aliphatic heterocycles. The van der Waals surface area contributed by atoms with Crippen molar-refractivity contribution in [3.63, 3.8) is 0 Å². The number of aryl methyl sites for hydroxylation is 1. The van der Waals surface area contributed by atoms with Crippen molar-refractivity contribution in [2.45, 2.75) is 45.4 Å². The molecule has 1 aromatic rings. The average Bonchev–Trinajstić information content (AvgIpc) is 3.01. The molecular weight excluding hydrogens is 409 g/mol. The Kier molecular flexibility index (Phi) is 7.67. The average molecular weight is 440 g/mol. The van der Waals surface area contributed by atoms with Gasteiger partial charge in [-0.15, -0.1) is 11.3 Å². The summed E-state index contributed by atoms with van der Waals surface area (Å²) >= 11 is 1.75. The summed E-state index contributed by atoms with van der Waals surface area (Å²) in [7, 11) is -3.37. The minimum Gasteiger partial charge on any atom is -0.377 e. The molecule has 1 aromatic heterocycles. The van der Waals surface area contributed by atoms with Crippen molar-refractivity contribution in [2.75, 3.05) is 31.5 Å². The summed E-state index contributed by atoms with van der Waals surface area (Å²) in [5.74, 6) is -0.161. The van der Waals surface area contributed by atoms with Crippen LogP contribution in [0.4, 0.5) is 9.39 Å². The quantitative estimate of drug-likeness (QED) is 0.528. The van der Waals surface area contributed by atoms with Crippen LogP contribution >= 0.6 is 11.3 Å². The summed E-state index contributed by atoms with van der Waals surface area (Å²) in [6.45, 7) is 5.84. The lowest BCUT2D eigenvalue weighted by molar-refractivity contribution is 0.434. The number of nitrogens with one attached hydrogen (secondary N) is 2. The van der Waals surface area contributed by atoms with Crippen molar-refractivity contribution < 1.29 is 12.8 Å². The van der Waals surface area contributed by atoms with Gasteiger partial charge in [0, 0.05) is 37.0 Å². The number of anilines is 1. The molecule has 1 atom stereocenters. The number of halogens is 1.